The predicted octanol–water partition coefficient (Wildman–Crippen LogP) is 5.93. The molecule has 1 heterocycles. The lowest BCUT2D eigenvalue weighted by Gasteiger charge is -2.25. The summed E-state index contributed by atoms with van der Waals surface area (Å²) in [6.45, 7) is 8.48. The van der Waals surface area contributed by atoms with Crippen molar-refractivity contribution >= 4 is 0 Å². The first-order chi connectivity index (χ1) is 16.9. The topological polar surface area (TPSA) is 59.8 Å². The molecule has 3 aromatic rings. The molecule has 0 spiro atoms. The number of nitrogens with zero attached hydrogens (tertiary/aromatic N) is 3. The molecule has 6 nitrogen and oxygen atoms in total. The number of aliphatic hydroxyl groups is 1. The van der Waals surface area contributed by atoms with Gasteiger partial charge in [0.1, 0.15) is 0 Å². The lowest BCUT2D eigenvalue weighted by Crippen LogP contribution is -2.34. The van der Waals surface area contributed by atoms with E-state index in [-0.39, 0.29) is 11.7 Å². The van der Waals surface area contributed by atoms with E-state index < -0.39 is 11.9 Å². The van der Waals surface area contributed by atoms with Gasteiger partial charge in [-0.15, -0.1) is 0 Å². The summed E-state index contributed by atoms with van der Waals surface area (Å²) in [6.07, 6.45) is 2.33. The number of hydrogen-bond acceptors (Lipinski definition) is 5. The summed E-state index contributed by atoms with van der Waals surface area (Å²) in [7, 11) is 1.67. The Morgan fingerprint density at radius 3 is 2.46 bits per heavy atom. The molecule has 0 saturated heterocycles. The van der Waals surface area contributed by atoms with Crippen LogP contribution in [0.25, 0.3) is 5.69 Å². The second-order valence-electron chi connectivity index (χ2n) is 9.13. The molecule has 0 aliphatic carbocycles. The van der Waals surface area contributed by atoms with E-state index in [0.29, 0.717) is 32.1 Å². The zero-order valence-corrected chi connectivity index (χ0v) is 21.3. The molecule has 0 aliphatic heterocycles. The molecule has 3 rings (SSSR count). The molecule has 2 aromatic carbocycles. The summed E-state index contributed by atoms with van der Waals surface area (Å²) < 4.78 is 27.9. The van der Waals surface area contributed by atoms with Crippen molar-refractivity contribution in [2.75, 3.05) is 26.8 Å². The molecule has 1 aromatic heterocycles. The number of aromatic nitrogens is 2. The molecule has 0 fully saturated rings. The highest BCUT2D eigenvalue weighted by atomic mass is 19.1. The van der Waals surface area contributed by atoms with Gasteiger partial charge in [0.2, 0.25) is 5.88 Å². The van der Waals surface area contributed by atoms with E-state index in [1.54, 1.807) is 30.0 Å². The number of aliphatic hydroxyl groups excluding tert-OH is 1. The van der Waals surface area contributed by atoms with Crippen molar-refractivity contribution in [1.29, 1.82) is 0 Å². The highest BCUT2D eigenvalue weighted by Gasteiger charge is 2.26. The number of halogens is 1. The first-order valence-corrected chi connectivity index (χ1v) is 12.4. The van der Waals surface area contributed by atoms with Gasteiger partial charge in [0.05, 0.1) is 29.7 Å². The largest absolute Gasteiger partial charge is 0.435 e. The Morgan fingerprint density at radius 2 is 1.80 bits per heavy atom. The lowest BCUT2D eigenvalue weighted by atomic mass is 10.0. The number of methoxy groups -OCH3 is 1. The minimum Gasteiger partial charge on any atom is -0.435 e. The average molecular weight is 484 g/mol. The third kappa shape index (κ3) is 7.37. The predicted molar refractivity (Wildman–Crippen MR) is 137 cm³/mol. The number of rotatable bonds is 14. The van der Waals surface area contributed by atoms with Crippen LogP contribution in [0.3, 0.4) is 0 Å². The standard InChI is InChI=1S/C28H38FN3O3/c1-5-6-14-23(33)19-31(17-18-34-4)20-24-27(21(2)3)30-32(22-12-8-7-9-13-22)28(24)35-26-16-11-10-15-25(26)29/h7-13,15-16,21,23,33H,5-6,14,17-20H2,1-4H3/t23-/m1/s1. The van der Waals surface area contributed by atoms with Crippen LogP contribution in [-0.2, 0) is 11.3 Å². The fraction of sp³-hybridized carbons (Fsp3) is 0.464. The van der Waals surface area contributed by atoms with Crippen molar-refractivity contribution < 1.29 is 19.0 Å². The van der Waals surface area contributed by atoms with Crippen LogP contribution in [0.5, 0.6) is 11.6 Å². The quantitative estimate of drug-likeness (QED) is 0.308. The zero-order chi connectivity index (χ0) is 25.2. The molecule has 7 heteroatoms. The van der Waals surface area contributed by atoms with Crippen molar-refractivity contribution in [3.8, 4) is 17.3 Å². The molecule has 190 valence electrons. The maximum absolute atomic E-state index is 14.6. The van der Waals surface area contributed by atoms with Gasteiger partial charge in [0.25, 0.3) is 0 Å². The SMILES string of the molecule is CCCC[C@@H](O)CN(CCOC)Cc1c(C(C)C)nn(-c2ccccc2)c1Oc1ccccc1F. The average Bonchev–Trinajstić information content (AvgIpc) is 3.21. The van der Waals surface area contributed by atoms with Gasteiger partial charge in [-0.3, -0.25) is 4.90 Å². The van der Waals surface area contributed by atoms with Crippen molar-refractivity contribution in [3.05, 3.63) is 71.7 Å². The van der Waals surface area contributed by atoms with Gasteiger partial charge in [-0.05, 0) is 36.6 Å². The Bertz CT molecular complexity index is 1040. The monoisotopic (exact) mass is 483 g/mol. The fourth-order valence-corrected chi connectivity index (χ4v) is 4.05. The fourth-order valence-electron chi connectivity index (χ4n) is 4.05. The Hall–Kier alpha value is -2.74. The third-order valence-corrected chi connectivity index (χ3v) is 5.91. The van der Waals surface area contributed by atoms with Crippen molar-refractivity contribution in [3.63, 3.8) is 0 Å². The molecule has 35 heavy (non-hydrogen) atoms. The Morgan fingerprint density at radius 1 is 1.09 bits per heavy atom. The lowest BCUT2D eigenvalue weighted by molar-refractivity contribution is 0.0786. The van der Waals surface area contributed by atoms with Crippen LogP contribution >= 0.6 is 0 Å². The number of hydrogen-bond donors (Lipinski definition) is 1. The van der Waals surface area contributed by atoms with Gasteiger partial charge < -0.3 is 14.6 Å². The molecule has 0 saturated carbocycles. The van der Waals surface area contributed by atoms with E-state index in [9.17, 15) is 9.50 Å². The van der Waals surface area contributed by atoms with E-state index >= 15 is 0 Å². The molecule has 1 atom stereocenters. The smallest absolute Gasteiger partial charge is 0.227 e. The van der Waals surface area contributed by atoms with E-state index in [1.165, 1.54) is 6.07 Å². The normalized spacial score (nSPS) is 12.5. The number of unbranched alkanes of at least 4 members (excludes halogenated alkanes) is 1. The summed E-state index contributed by atoms with van der Waals surface area (Å²) in [5.74, 6) is 0.312. The minimum atomic E-state index is -0.436. The van der Waals surface area contributed by atoms with Gasteiger partial charge in [0.15, 0.2) is 11.6 Å². The summed E-state index contributed by atoms with van der Waals surface area (Å²) >= 11 is 0. The van der Waals surface area contributed by atoms with Crippen LogP contribution in [0.15, 0.2) is 54.6 Å². The van der Waals surface area contributed by atoms with E-state index in [0.717, 1.165) is 36.2 Å². The van der Waals surface area contributed by atoms with Crippen LogP contribution < -0.4 is 4.74 Å². The van der Waals surface area contributed by atoms with Crippen LogP contribution in [0.4, 0.5) is 4.39 Å². The first-order valence-electron chi connectivity index (χ1n) is 12.4. The first kappa shape index (κ1) is 26.9. The molecular weight excluding hydrogens is 445 g/mol. The van der Waals surface area contributed by atoms with Gasteiger partial charge >= 0.3 is 0 Å². The Kier molecular flexibility index (Phi) is 10.3. The molecule has 0 radical (unpaired) electrons. The Balaban J connectivity index is 2.05. The zero-order valence-electron chi connectivity index (χ0n) is 21.3. The van der Waals surface area contributed by atoms with Crippen molar-refractivity contribution in [2.45, 2.75) is 58.6 Å². The van der Waals surface area contributed by atoms with Crippen LogP contribution in [-0.4, -0.2) is 52.7 Å². The number of para-hydroxylation sites is 2. The molecule has 0 unspecified atom stereocenters. The van der Waals surface area contributed by atoms with Crippen molar-refractivity contribution in [2.24, 2.45) is 0 Å². The highest BCUT2D eigenvalue weighted by Crippen LogP contribution is 2.35. The molecule has 1 N–H and O–H groups in total. The van der Waals surface area contributed by atoms with Crippen LogP contribution in [0.1, 0.15) is 57.2 Å². The summed E-state index contributed by atoms with van der Waals surface area (Å²) in [4.78, 5) is 2.16. The van der Waals surface area contributed by atoms with E-state index in [4.69, 9.17) is 14.6 Å². The second kappa shape index (κ2) is 13.4. The van der Waals surface area contributed by atoms with Gasteiger partial charge in [-0.1, -0.05) is 63.9 Å². The number of benzene rings is 2. The minimum absolute atomic E-state index is 0.118. The third-order valence-electron chi connectivity index (χ3n) is 5.91. The molecule has 0 amide bonds. The van der Waals surface area contributed by atoms with Crippen molar-refractivity contribution in [1.82, 2.24) is 14.7 Å². The van der Waals surface area contributed by atoms with Gasteiger partial charge in [-0.25, -0.2) is 9.07 Å². The van der Waals surface area contributed by atoms with Gasteiger partial charge in [-0.2, -0.15) is 5.10 Å². The maximum atomic E-state index is 14.6. The van der Waals surface area contributed by atoms with Crippen LogP contribution in [0, 0.1) is 5.82 Å². The van der Waals surface area contributed by atoms with Crippen LogP contribution in [0.2, 0.25) is 0 Å². The maximum Gasteiger partial charge on any atom is 0.227 e. The Labute approximate surface area is 208 Å². The summed E-state index contributed by atoms with van der Waals surface area (Å²) in [5, 5.41) is 15.6. The second-order valence-corrected chi connectivity index (χ2v) is 9.13. The summed E-state index contributed by atoms with van der Waals surface area (Å²) in [6, 6.07) is 16.1. The van der Waals surface area contributed by atoms with Gasteiger partial charge in [0, 0.05) is 26.7 Å². The van der Waals surface area contributed by atoms with E-state index in [2.05, 4.69) is 25.7 Å². The highest BCUT2D eigenvalue weighted by molar-refractivity contribution is 5.44. The molecule has 0 bridgehead atoms. The number of ether oxygens (including phenoxy) is 2. The molecular formula is C28H38FN3O3. The summed E-state index contributed by atoms with van der Waals surface area (Å²) in [5.41, 5.74) is 2.59. The molecule has 0 aliphatic rings. The van der Waals surface area contributed by atoms with E-state index in [1.807, 2.05) is 30.3 Å².